The summed E-state index contributed by atoms with van der Waals surface area (Å²) in [7, 11) is -2.10. The van der Waals surface area contributed by atoms with Crippen LogP contribution in [0.25, 0.3) is 10.6 Å². The Morgan fingerprint density at radius 2 is 2.17 bits per heavy atom. The van der Waals surface area contributed by atoms with E-state index in [1.54, 1.807) is 18.2 Å². The highest BCUT2D eigenvalue weighted by molar-refractivity contribution is 7.89. The Morgan fingerprint density at radius 1 is 1.35 bits per heavy atom. The van der Waals surface area contributed by atoms with Crippen molar-refractivity contribution in [3.63, 3.8) is 0 Å². The van der Waals surface area contributed by atoms with Gasteiger partial charge in [0.1, 0.15) is 17.2 Å². The number of sulfonamides is 1. The van der Waals surface area contributed by atoms with Crippen molar-refractivity contribution in [3.05, 3.63) is 47.5 Å². The van der Waals surface area contributed by atoms with E-state index < -0.39 is 10.0 Å². The number of aromatic nitrogens is 4. The topological polar surface area (TPSA) is 91.8 Å². The summed E-state index contributed by atoms with van der Waals surface area (Å²) in [6, 6.07) is 6.80. The Morgan fingerprint density at radius 3 is 2.83 bits per heavy atom. The molecule has 2 aromatic heterocycles. The van der Waals surface area contributed by atoms with Gasteiger partial charge >= 0.3 is 0 Å². The lowest BCUT2D eigenvalue weighted by Gasteiger charge is -2.16. The molecule has 0 aliphatic heterocycles. The number of benzene rings is 1. The summed E-state index contributed by atoms with van der Waals surface area (Å²) < 4.78 is 26.6. The summed E-state index contributed by atoms with van der Waals surface area (Å²) >= 11 is 1.49. The van der Waals surface area contributed by atoms with Gasteiger partial charge in [0.05, 0.1) is 11.4 Å². The molecule has 9 heteroatoms. The minimum Gasteiger partial charge on any atom is -0.262 e. The van der Waals surface area contributed by atoms with Gasteiger partial charge < -0.3 is 0 Å². The zero-order chi connectivity index (χ0) is 16.4. The monoisotopic (exact) mass is 349 g/mol. The molecule has 1 N–H and O–H groups in total. The lowest BCUT2D eigenvalue weighted by molar-refractivity contribution is 0.457. The molecule has 0 radical (unpaired) electrons. The van der Waals surface area contributed by atoms with Gasteiger partial charge in [0.2, 0.25) is 10.0 Å². The fraction of sp³-hybridized carbons (Fsp3) is 0.214. The first-order chi connectivity index (χ1) is 11.0. The van der Waals surface area contributed by atoms with Crippen molar-refractivity contribution in [3.8, 4) is 10.6 Å². The highest BCUT2D eigenvalue weighted by Crippen LogP contribution is 2.26. The van der Waals surface area contributed by atoms with E-state index in [4.69, 9.17) is 0 Å². The van der Waals surface area contributed by atoms with Crippen LogP contribution in [0.4, 0.5) is 0 Å². The summed E-state index contributed by atoms with van der Waals surface area (Å²) in [6.07, 6.45) is 1.35. The van der Waals surface area contributed by atoms with Crippen LogP contribution >= 0.6 is 11.3 Å². The minimum atomic E-state index is -3.62. The van der Waals surface area contributed by atoms with E-state index in [0.717, 1.165) is 16.3 Å². The van der Waals surface area contributed by atoms with Crippen LogP contribution < -0.4 is 0 Å². The van der Waals surface area contributed by atoms with Crippen LogP contribution in [-0.2, 0) is 16.6 Å². The van der Waals surface area contributed by atoms with Gasteiger partial charge in [-0.1, -0.05) is 12.1 Å². The molecule has 2 heterocycles. The number of rotatable bonds is 5. The van der Waals surface area contributed by atoms with Crippen molar-refractivity contribution in [2.75, 3.05) is 7.05 Å². The predicted octanol–water partition coefficient (Wildman–Crippen LogP) is 2.06. The second kappa shape index (κ2) is 6.19. The molecule has 0 spiro atoms. The van der Waals surface area contributed by atoms with E-state index in [9.17, 15) is 8.42 Å². The highest BCUT2D eigenvalue weighted by Gasteiger charge is 2.22. The first-order valence-corrected chi connectivity index (χ1v) is 9.12. The molecule has 1 aromatic carbocycles. The molecule has 0 unspecified atom stereocenters. The highest BCUT2D eigenvalue weighted by atomic mass is 32.2. The fourth-order valence-corrected chi connectivity index (χ4v) is 4.03. The van der Waals surface area contributed by atoms with Crippen molar-refractivity contribution in [1.29, 1.82) is 0 Å². The number of aromatic amines is 1. The third kappa shape index (κ3) is 3.31. The smallest absolute Gasteiger partial charge is 0.243 e. The van der Waals surface area contributed by atoms with Gasteiger partial charge in [-0.05, 0) is 19.1 Å². The molecule has 0 amide bonds. The molecule has 0 saturated heterocycles. The van der Waals surface area contributed by atoms with Gasteiger partial charge in [-0.15, -0.1) is 11.3 Å². The second-order valence-corrected chi connectivity index (χ2v) is 7.92. The van der Waals surface area contributed by atoms with Gasteiger partial charge in [-0.3, -0.25) is 5.10 Å². The van der Waals surface area contributed by atoms with Crippen molar-refractivity contribution in [1.82, 2.24) is 24.5 Å². The normalized spacial score (nSPS) is 12.0. The SMILES string of the molecule is Cc1csc(-c2cccc(S(=O)(=O)N(C)Cc3ncn[nH]3)c2)n1. The average Bonchev–Trinajstić information content (AvgIpc) is 3.19. The molecule has 23 heavy (non-hydrogen) atoms. The number of thiazole rings is 1. The average molecular weight is 349 g/mol. The number of hydrogen-bond acceptors (Lipinski definition) is 6. The Bertz CT molecular complexity index is 903. The molecule has 3 aromatic rings. The molecule has 0 aliphatic rings. The Hall–Kier alpha value is -2.10. The lowest BCUT2D eigenvalue weighted by Crippen LogP contribution is -2.27. The van der Waals surface area contributed by atoms with Crippen LogP contribution in [-0.4, -0.2) is 39.9 Å². The molecular weight excluding hydrogens is 334 g/mol. The third-order valence-corrected chi connectivity index (χ3v) is 6.05. The zero-order valence-electron chi connectivity index (χ0n) is 12.6. The van der Waals surface area contributed by atoms with Crippen LogP contribution in [0.15, 0.2) is 40.9 Å². The molecule has 3 rings (SSSR count). The Labute approximate surface area is 138 Å². The zero-order valence-corrected chi connectivity index (χ0v) is 14.2. The van der Waals surface area contributed by atoms with Crippen molar-refractivity contribution in [2.24, 2.45) is 0 Å². The van der Waals surface area contributed by atoms with Gasteiger partial charge in [-0.2, -0.15) is 9.40 Å². The maximum absolute atomic E-state index is 12.7. The minimum absolute atomic E-state index is 0.128. The van der Waals surface area contributed by atoms with Crippen LogP contribution in [0.3, 0.4) is 0 Å². The fourth-order valence-electron chi connectivity index (χ4n) is 2.06. The van der Waals surface area contributed by atoms with E-state index in [2.05, 4.69) is 20.2 Å². The van der Waals surface area contributed by atoms with Crippen LogP contribution in [0.2, 0.25) is 0 Å². The molecule has 0 fully saturated rings. The number of nitrogens with one attached hydrogen (secondary N) is 1. The van der Waals surface area contributed by atoms with Gasteiger partial charge in [0, 0.05) is 23.7 Å². The summed E-state index contributed by atoms with van der Waals surface area (Å²) in [5.41, 5.74) is 1.71. The number of H-pyrrole nitrogens is 1. The first-order valence-electron chi connectivity index (χ1n) is 6.80. The van der Waals surface area contributed by atoms with Crippen molar-refractivity contribution < 1.29 is 8.42 Å². The van der Waals surface area contributed by atoms with E-state index in [1.807, 2.05) is 18.4 Å². The molecular formula is C14H15N5O2S2. The van der Waals surface area contributed by atoms with Crippen LogP contribution in [0.5, 0.6) is 0 Å². The molecule has 0 bridgehead atoms. The van der Waals surface area contributed by atoms with Gasteiger partial charge in [-0.25, -0.2) is 18.4 Å². The largest absolute Gasteiger partial charge is 0.262 e. The summed E-state index contributed by atoms with van der Waals surface area (Å²) in [5.74, 6) is 0.489. The lowest BCUT2D eigenvalue weighted by atomic mass is 10.2. The summed E-state index contributed by atoms with van der Waals surface area (Å²) in [6.45, 7) is 2.04. The Kier molecular flexibility index (Phi) is 4.24. The Balaban J connectivity index is 1.90. The summed E-state index contributed by atoms with van der Waals surface area (Å²) in [5, 5.41) is 9.12. The third-order valence-electron chi connectivity index (χ3n) is 3.25. The van der Waals surface area contributed by atoms with E-state index in [0.29, 0.717) is 5.82 Å². The predicted molar refractivity (Wildman–Crippen MR) is 87.3 cm³/mol. The maximum atomic E-state index is 12.7. The molecule has 0 aliphatic carbocycles. The quantitative estimate of drug-likeness (QED) is 0.761. The second-order valence-electron chi connectivity index (χ2n) is 5.02. The van der Waals surface area contributed by atoms with E-state index in [1.165, 1.54) is 29.0 Å². The number of nitrogens with zero attached hydrogens (tertiary/aromatic N) is 4. The van der Waals surface area contributed by atoms with Gasteiger partial charge in [0.25, 0.3) is 0 Å². The van der Waals surface area contributed by atoms with E-state index in [-0.39, 0.29) is 11.4 Å². The number of hydrogen-bond donors (Lipinski definition) is 1. The molecule has 7 nitrogen and oxygen atoms in total. The summed E-state index contributed by atoms with van der Waals surface area (Å²) in [4.78, 5) is 8.57. The number of aryl methyl sites for hydroxylation is 1. The standard InChI is InChI=1S/C14H15N5O2S2/c1-10-8-22-14(17-10)11-4-3-5-12(6-11)23(20,21)19(2)7-13-15-9-16-18-13/h3-6,8-9H,7H2,1-2H3,(H,15,16,18). The first kappa shape index (κ1) is 15.8. The van der Waals surface area contributed by atoms with Crippen molar-refractivity contribution in [2.45, 2.75) is 18.4 Å². The van der Waals surface area contributed by atoms with Crippen molar-refractivity contribution >= 4 is 21.4 Å². The van der Waals surface area contributed by atoms with Crippen LogP contribution in [0.1, 0.15) is 11.5 Å². The maximum Gasteiger partial charge on any atom is 0.243 e. The van der Waals surface area contributed by atoms with E-state index >= 15 is 0 Å². The molecule has 0 saturated carbocycles. The molecule has 0 atom stereocenters. The van der Waals surface area contributed by atoms with Gasteiger partial charge in [0.15, 0.2) is 0 Å². The van der Waals surface area contributed by atoms with Crippen LogP contribution in [0, 0.1) is 6.92 Å². The molecule has 120 valence electrons.